The van der Waals surface area contributed by atoms with Crippen LogP contribution in [0.15, 0.2) is 29.3 Å². The second-order valence-corrected chi connectivity index (χ2v) is 8.23. The quantitative estimate of drug-likeness (QED) is 0.0903. The largest absolute Gasteiger partial charge is 0.496 e. The van der Waals surface area contributed by atoms with Crippen molar-refractivity contribution in [1.82, 2.24) is 15.6 Å². The first kappa shape index (κ1) is 26.7. The van der Waals surface area contributed by atoms with E-state index in [1.165, 1.54) is 18.9 Å². The lowest BCUT2D eigenvalue weighted by atomic mass is 10.1. The highest BCUT2D eigenvalue weighted by Crippen LogP contribution is 2.42. The number of carbonyl (C=O) groups excluding carboxylic acids is 3. The van der Waals surface area contributed by atoms with Gasteiger partial charge in [-0.05, 0) is 18.9 Å². The number of rotatable bonds is 12. The highest BCUT2D eigenvalue weighted by Gasteiger charge is 2.34. The Balaban J connectivity index is 1.92. The summed E-state index contributed by atoms with van der Waals surface area (Å²) in [7, 11) is 2.76. The van der Waals surface area contributed by atoms with Gasteiger partial charge in [0.25, 0.3) is 5.96 Å². The fraction of sp³-hybridized carbons (Fsp3) is 0.500. The normalized spacial score (nSPS) is 16.6. The standard InChI is InChI=1S/C20H28N6O7S/c1-32-15-8-4-3-6-13(15)18-25(17(28)12-34-18)11-9-16(27)23-14(19(29)33-2)7-5-10-22-20(21)24-26(30)31/h3-4,6,8,14,18H,5,7,9-12H2,1-2H3,(H,23,27)(H3,21,22,24)/t14-,18?/m0/s1. The van der Waals surface area contributed by atoms with Crippen molar-refractivity contribution in [2.45, 2.75) is 30.7 Å². The predicted molar refractivity (Wildman–Crippen MR) is 124 cm³/mol. The molecule has 13 nitrogen and oxygen atoms in total. The number of ether oxygens (including phenoxy) is 2. The summed E-state index contributed by atoms with van der Waals surface area (Å²) >= 11 is 1.46. The summed E-state index contributed by atoms with van der Waals surface area (Å²) in [6.45, 7) is 0.276. The Hall–Kier alpha value is -3.55. The molecule has 0 spiro atoms. The van der Waals surface area contributed by atoms with Gasteiger partial charge in [0.05, 0.1) is 20.0 Å². The highest BCUT2D eigenvalue weighted by molar-refractivity contribution is 8.00. The van der Waals surface area contributed by atoms with Gasteiger partial charge in [0.1, 0.15) is 17.2 Å². The van der Waals surface area contributed by atoms with Gasteiger partial charge in [-0.15, -0.1) is 11.8 Å². The van der Waals surface area contributed by atoms with E-state index in [0.29, 0.717) is 17.9 Å². The minimum atomic E-state index is -0.925. The minimum absolute atomic E-state index is 0.0106. The van der Waals surface area contributed by atoms with E-state index < -0.39 is 23.0 Å². The van der Waals surface area contributed by atoms with Crippen molar-refractivity contribution in [2.75, 3.05) is 33.1 Å². The number of amides is 2. The third-order valence-corrected chi connectivity index (χ3v) is 6.15. The number of esters is 1. The van der Waals surface area contributed by atoms with Gasteiger partial charge in [0.15, 0.2) is 5.03 Å². The van der Waals surface area contributed by atoms with Crippen LogP contribution < -0.4 is 21.2 Å². The molecule has 0 bridgehead atoms. The van der Waals surface area contributed by atoms with Gasteiger partial charge in [-0.25, -0.2) is 19.9 Å². The molecule has 2 amide bonds. The molecular formula is C20H28N6O7S. The smallest absolute Gasteiger partial charge is 0.328 e. The Kier molecular flexibility index (Phi) is 10.4. The van der Waals surface area contributed by atoms with Crippen molar-refractivity contribution in [3.8, 4) is 5.75 Å². The van der Waals surface area contributed by atoms with E-state index >= 15 is 0 Å². The molecule has 0 radical (unpaired) electrons. The van der Waals surface area contributed by atoms with E-state index in [1.54, 1.807) is 17.4 Å². The lowest BCUT2D eigenvalue weighted by Crippen LogP contribution is -2.43. The van der Waals surface area contributed by atoms with Crippen LogP contribution in [0, 0.1) is 10.1 Å². The first-order chi connectivity index (χ1) is 16.3. The first-order valence-electron chi connectivity index (χ1n) is 10.4. The van der Waals surface area contributed by atoms with Gasteiger partial charge in [0, 0.05) is 25.1 Å². The number of carbonyl (C=O) groups is 3. The molecule has 4 N–H and O–H groups in total. The number of thioether (sulfide) groups is 1. The van der Waals surface area contributed by atoms with E-state index in [9.17, 15) is 24.5 Å². The van der Waals surface area contributed by atoms with Crippen LogP contribution >= 0.6 is 11.8 Å². The third kappa shape index (κ3) is 7.79. The van der Waals surface area contributed by atoms with E-state index in [-0.39, 0.29) is 43.2 Å². The zero-order valence-electron chi connectivity index (χ0n) is 18.9. The zero-order chi connectivity index (χ0) is 25.1. The Labute approximate surface area is 200 Å². The number of nitrogens with zero attached hydrogens (tertiary/aromatic N) is 3. The molecule has 1 aromatic rings. The molecule has 34 heavy (non-hydrogen) atoms. The Morgan fingerprint density at radius 2 is 2.12 bits per heavy atom. The molecule has 14 heteroatoms. The van der Waals surface area contributed by atoms with Crippen LogP contribution in [0.5, 0.6) is 5.75 Å². The number of guanidine groups is 1. The van der Waals surface area contributed by atoms with Crippen molar-refractivity contribution >= 4 is 35.5 Å². The van der Waals surface area contributed by atoms with Crippen LogP contribution in [-0.2, 0) is 19.1 Å². The van der Waals surface area contributed by atoms with Crippen molar-refractivity contribution in [3.63, 3.8) is 0 Å². The molecule has 1 fully saturated rings. The van der Waals surface area contributed by atoms with Crippen molar-refractivity contribution in [1.29, 1.82) is 0 Å². The maximum absolute atomic E-state index is 12.5. The van der Waals surface area contributed by atoms with Gasteiger partial charge in [-0.3, -0.25) is 9.59 Å². The summed E-state index contributed by atoms with van der Waals surface area (Å²) < 4.78 is 10.1. The Morgan fingerprint density at radius 3 is 2.79 bits per heavy atom. The van der Waals surface area contributed by atoms with Crippen LogP contribution in [0.25, 0.3) is 0 Å². The van der Waals surface area contributed by atoms with Crippen LogP contribution in [0.3, 0.4) is 0 Å². The number of hydrogen-bond donors (Lipinski definition) is 3. The summed E-state index contributed by atoms with van der Waals surface area (Å²) in [6, 6.07) is 6.47. The van der Waals surface area contributed by atoms with E-state index in [4.69, 9.17) is 15.2 Å². The number of benzene rings is 1. The monoisotopic (exact) mass is 496 g/mol. The summed E-state index contributed by atoms with van der Waals surface area (Å²) in [4.78, 5) is 52.7. The summed E-state index contributed by atoms with van der Waals surface area (Å²) in [5, 5.41) is 11.8. The van der Waals surface area contributed by atoms with Gasteiger partial charge in [-0.2, -0.15) is 0 Å². The van der Waals surface area contributed by atoms with Gasteiger partial charge in [-0.1, -0.05) is 23.6 Å². The number of aliphatic imine (C=N–C) groups is 1. The molecule has 1 unspecified atom stereocenters. The number of hydrogen-bond acceptors (Lipinski definition) is 9. The van der Waals surface area contributed by atoms with Crippen LogP contribution in [0.1, 0.15) is 30.2 Å². The molecule has 1 saturated heterocycles. The van der Waals surface area contributed by atoms with Crippen LogP contribution in [0.2, 0.25) is 0 Å². The molecule has 2 atom stereocenters. The number of nitrogens with one attached hydrogen (secondary N) is 2. The van der Waals surface area contributed by atoms with E-state index in [1.807, 2.05) is 24.3 Å². The molecule has 1 heterocycles. The van der Waals surface area contributed by atoms with Gasteiger partial charge in [0.2, 0.25) is 11.8 Å². The Bertz CT molecular complexity index is 928. The lowest BCUT2D eigenvalue weighted by molar-refractivity contribution is -0.525. The maximum atomic E-state index is 12.5. The molecule has 0 aliphatic carbocycles. The first-order valence-corrected chi connectivity index (χ1v) is 11.4. The van der Waals surface area contributed by atoms with Crippen molar-refractivity contribution in [2.24, 2.45) is 10.7 Å². The fourth-order valence-corrected chi connectivity index (χ4v) is 4.57. The third-order valence-electron chi connectivity index (χ3n) is 4.91. The lowest BCUT2D eigenvalue weighted by Gasteiger charge is -2.25. The second-order valence-electron chi connectivity index (χ2n) is 7.16. The molecule has 1 aromatic carbocycles. The molecule has 1 aliphatic heterocycles. The maximum Gasteiger partial charge on any atom is 0.328 e. The molecule has 0 saturated carbocycles. The van der Waals surface area contributed by atoms with Crippen LogP contribution in [-0.4, -0.2) is 72.8 Å². The number of nitro groups is 1. The molecule has 186 valence electrons. The number of para-hydroxylation sites is 1. The number of methoxy groups -OCH3 is 2. The SMILES string of the molecule is COC(=O)[C@H](CCCN=C(N)N[N+](=O)[O-])NC(=O)CCN1C(=O)CSC1c1ccccc1OC. The van der Waals surface area contributed by atoms with Crippen molar-refractivity contribution in [3.05, 3.63) is 39.9 Å². The summed E-state index contributed by atoms with van der Waals surface area (Å²) in [5.74, 6) is -0.542. The molecule has 0 aromatic heterocycles. The average Bonchev–Trinajstić information content (AvgIpc) is 3.18. The van der Waals surface area contributed by atoms with Gasteiger partial charge >= 0.3 is 5.97 Å². The van der Waals surface area contributed by atoms with E-state index in [0.717, 1.165) is 5.56 Å². The molecule has 1 aliphatic rings. The molecular weight excluding hydrogens is 468 g/mol. The van der Waals surface area contributed by atoms with Gasteiger partial charge < -0.3 is 25.4 Å². The average molecular weight is 497 g/mol. The second kappa shape index (κ2) is 13.2. The Morgan fingerprint density at radius 1 is 1.38 bits per heavy atom. The zero-order valence-corrected chi connectivity index (χ0v) is 19.7. The summed E-state index contributed by atoms with van der Waals surface area (Å²) in [5.41, 5.74) is 7.89. The molecule has 2 rings (SSSR count). The number of nitrogens with two attached hydrogens (primary N) is 1. The number of hydrazine groups is 1. The predicted octanol–water partition coefficient (Wildman–Crippen LogP) is 0.193. The van der Waals surface area contributed by atoms with Crippen LogP contribution in [0.4, 0.5) is 0 Å². The fourth-order valence-electron chi connectivity index (χ4n) is 3.33. The van der Waals surface area contributed by atoms with E-state index in [2.05, 4.69) is 10.3 Å². The highest BCUT2D eigenvalue weighted by atomic mass is 32.2. The topological polar surface area (TPSA) is 178 Å². The summed E-state index contributed by atoms with van der Waals surface area (Å²) in [6.07, 6.45) is 0.497. The van der Waals surface area contributed by atoms with Crippen molar-refractivity contribution < 1.29 is 28.9 Å². The minimum Gasteiger partial charge on any atom is -0.496 e.